The number of nitro benzene ring substituents is 1. The molecule has 0 heterocycles. The van der Waals surface area contributed by atoms with Crippen LogP contribution < -0.4 is 64.8 Å². The Labute approximate surface area is 282 Å². The standard InChI is InChI=1S/C22H15N6O8S2.2Na.O2/c23-19-18-12(10-16(37(32)33)20(19)26-25-14-6-8-15(9-7-14)28(30)31)11-17(38(34,35)36)21(22(18)29)27-24-13-4-2-1-3-5-13;;;1-2/h1-11,29H,23H2,(H,34,35,36);;;/q-1;2*+1;/p-1. The number of phenols is 1. The van der Waals surface area contributed by atoms with Crippen LogP contribution in [0.5, 0.6) is 5.75 Å². The van der Waals surface area contributed by atoms with Crippen LogP contribution in [0.15, 0.2) is 97.0 Å². The van der Waals surface area contributed by atoms with Crippen LogP contribution in [0, 0.1) is 20.0 Å². The van der Waals surface area contributed by atoms with Gasteiger partial charge in [-0.1, -0.05) is 29.2 Å². The Morgan fingerprint density at radius 1 is 0.833 bits per heavy atom. The average Bonchev–Trinajstić information content (AvgIpc) is 2.92. The topological polar surface area (TPSA) is 264 Å². The number of hydrogen-bond donors (Lipinski definition) is 2. The van der Waals surface area contributed by atoms with Gasteiger partial charge in [-0.2, -0.15) is 10.2 Å². The molecule has 0 bridgehead atoms. The summed E-state index contributed by atoms with van der Waals surface area (Å²) in [5, 5.41) is 36.6. The smallest absolute Gasteiger partial charge is 0.744 e. The van der Waals surface area contributed by atoms with E-state index in [0.717, 1.165) is 24.3 Å². The number of anilines is 1. The van der Waals surface area contributed by atoms with E-state index >= 15 is 0 Å². The maximum atomic E-state index is 12.0. The molecule has 42 heavy (non-hydrogen) atoms. The van der Waals surface area contributed by atoms with Crippen molar-refractivity contribution in [1.29, 1.82) is 0 Å². The molecule has 0 saturated heterocycles. The summed E-state index contributed by atoms with van der Waals surface area (Å²) >= 11 is 0. The number of nitrogens with two attached hydrogens (primary N) is 1. The number of fused-ring (bicyclic) bond motifs is 1. The first kappa shape index (κ1) is 36.8. The zero-order valence-electron chi connectivity index (χ0n) is 21.6. The molecule has 4 aromatic carbocycles. The van der Waals surface area contributed by atoms with E-state index in [1.165, 1.54) is 24.3 Å². The molecule has 0 aromatic heterocycles. The SMILES string of the molecule is Nc1c(N=Nc2ccc([N+](=O)[O-])cc2)c([S-](=O)=O)cc2cc(S(=O)(=O)[O-])c(N=Nc3ccccc3)c(O)c12.O=O.[Na+].[Na+]. The second-order valence-corrected chi connectivity index (χ2v) is 9.76. The zero-order valence-corrected chi connectivity index (χ0v) is 27.2. The van der Waals surface area contributed by atoms with Gasteiger partial charge in [-0.3, -0.25) is 10.1 Å². The maximum absolute atomic E-state index is 12.0. The molecule has 3 N–H and O–H groups in total. The molecule has 0 aliphatic carbocycles. The van der Waals surface area contributed by atoms with Crippen molar-refractivity contribution in [3.8, 4) is 5.75 Å². The Balaban J connectivity index is 0.00000216. The second kappa shape index (κ2) is 15.9. The van der Waals surface area contributed by atoms with Gasteiger partial charge in [-0.25, -0.2) is 8.42 Å². The Morgan fingerprint density at radius 2 is 1.36 bits per heavy atom. The van der Waals surface area contributed by atoms with E-state index in [9.17, 15) is 36.6 Å². The minimum Gasteiger partial charge on any atom is -0.744 e. The van der Waals surface area contributed by atoms with Gasteiger partial charge in [0, 0.05) is 22.1 Å². The third-order valence-electron chi connectivity index (χ3n) is 5.11. The zero-order chi connectivity index (χ0) is 29.6. The predicted molar refractivity (Wildman–Crippen MR) is 140 cm³/mol. The van der Waals surface area contributed by atoms with Crippen molar-refractivity contribution in [3.63, 3.8) is 0 Å². The van der Waals surface area contributed by atoms with Crippen LogP contribution in [0.25, 0.3) is 10.8 Å². The number of nitrogen functional groups attached to an aromatic ring is 1. The summed E-state index contributed by atoms with van der Waals surface area (Å²) in [4.78, 5) is 22.7. The van der Waals surface area contributed by atoms with E-state index in [0.29, 0.717) is 0 Å². The number of nitrogens with zero attached hydrogens (tertiary/aromatic N) is 5. The minimum atomic E-state index is -5.21. The van der Waals surface area contributed by atoms with Crippen LogP contribution in [-0.4, -0.2) is 23.0 Å². The van der Waals surface area contributed by atoms with E-state index < -0.39 is 58.3 Å². The van der Waals surface area contributed by atoms with Crippen LogP contribution in [0.4, 0.5) is 34.1 Å². The normalized spacial score (nSPS) is 11.1. The molecular formula is C22H14N6Na2O10S2. The summed E-state index contributed by atoms with van der Waals surface area (Å²) in [5.74, 6) is -0.857. The Bertz CT molecular complexity index is 1850. The van der Waals surface area contributed by atoms with Crippen LogP contribution in [0.1, 0.15) is 0 Å². The first-order valence-electron chi connectivity index (χ1n) is 10.4. The molecule has 0 spiro atoms. The fourth-order valence-corrected chi connectivity index (χ4v) is 4.56. The monoisotopic (exact) mass is 632 g/mol. The van der Waals surface area contributed by atoms with Gasteiger partial charge in [0.15, 0.2) is 5.75 Å². The average molecular weight is 633 g/mol. The Hall–Kier alpha value is -3.20. The predicted octanol–water partition coefficient (Wildman–Crippen LogP) is -0.486. The van der Waals surface area contributed by atoms with Crippen LogP contribution in [0.3, 0.4) is 0 Å². The molecule has 0 aliphatic rings. The first-order valence-corrected chi connectivity index (χ1v) is 12.9. The molecule has 206 valence electrons. The molecule has 4 rings (SSSR count). The van der Waals surface area contributed by atoms with Crippen molar-refractivity contribution in [2.24, 2.45) is 20.5 Å². The fourth-order valence-electron chi connectivity index (χ4n) is 3.38. The third kappa shape index (κ3) is 8.43. The molecule has 0 unspecified atom stereocenters. The molecule has 0 atom stereocenters. The van der Waals surface area contributed by atoms with Crippen LogP contribution in [0.2, 0.25) is 0 Å². The van der Waals surface area contributed by atoms with Crippen molar-refractivity contribution in [1.82, 2.24) is 0 Å². The first-order chi connectivity index (χ1) is 19.0. The molecule has 0 fully saturated rings. The Morgan fingerprint density at radius 3 is 1.86 bits per heavy atom. The van der Waals surface area contributed by atoms with Gasteiger partial charge >= 0.3 is 59.1 Å². The van der Waals surface area contributed by atoms with Crippen molar-refractivity contribution < 1.29 is 90.5 Å². The van der Waals surface area contributed by atoms with E-state index in [4.69, 9.17) is 15.7 Å². The van der Waals surface area contributed by atoms with Crippen molar-refractivity contribution in [3.05, 3.63) is 86.8 Å². The van der Waals surface area contributed by atoms with E-state index in [-0.39, 0.29) is 86.9 Å². The van der Waals surface area contributed by atoms with Gasteiger partial charge in [-0.05, 0) is 46.4 Å². The number of hydrogen-bond acceptors (Lipinski definition) is 16. The minimum absolute atomic E-state index is 0. The van der Waals surface area contributed by atoms with Gasteiger partial charge in [0.1, 0.15) is 15.8 Å². The number of aromatic hydroxyl groups is 1. The van der Waals surface area contributed by atoms with E-state index in [1.54, 1.807) is 18.2 Å². The van der Waals surface area contributed by atoms with Crippen molar-refractivity contribution in [2.45, 2.75) is 9.79 Å². The second-order valence-electron chi connectivity index (χ2n) is 7.50. The fraction of sp³-hybridized carbons (Fsp3) is 0. The number of phenolic OH excluding ortho intramolecular Hbond substituents is 1. The van der Waals surface area contributed by atoms with Gasteiger partial charge in [0.25, 0.3) is 5.69 Å². The van der Waals surface area contributed by atoms with E-state index in [2.05, 4.69) is 20.5 Å². The van der Waals surface area contributed by atoms with Gasteiger partial charge < -0.3 is 23.8 Å². The van der Waals surface area contributed by atoms with Gasteiger partial charge in [0.2, 0.25) is 0 Å². The molecule has 0 saturated carbocycles. The summed E-state index contributed by atoms with van der Waals surface area (Å²) in [6, 6.07) is 14.6. The van der Waals surface area contributed by atoms with Crippen molar-refractivity contribution in [2.75, 3.05) is 5.73 Å². The largest absolute Gasteiger partial charge is 1.00 e. The number of non-ortho nitro benzene ring substituents is 1. The molecule has 16 nitrogen and oxygen atoms in total. The molecular weight excluding hydrogens is 618 g/mol. The summed E-state index contributed by atoms with van der Waals surface area (Å²) in [7, 11) is -8.18. The summed E-state index contributed by atoms with van der Waals surface area (Å²) in [6.07, 6.45) is 0. The Kier molecular flexibility index (Phi) is 13.9. The molecule has 0 amide bonds. The molecule has 4 aromatic rings. The van der Waals surface area contributed by atoms with E-state index in [1.807, 2.05) is 0 Å². The molecule has 0 aliphatic heterocycles. The van der Waals surface area contributed by atoms with Crippen LogP contribution in [-0.2, 0) is 29.2 Å². The summed E-state index contributed by atoms with van der Waals surface area (Å²) in [6.45, 7) is 0. The number of nitro groups is 1. The number of azo groups is 2. The third-order valence-corrected chi connectivity index (χ3v) is 6.63. The molecule has 20 heteroatoms. The molecule has 0 radical (unpaired) electrons. The van der Waals surface area contributed by atoms with Crippen molar-refractivity contribution >= 4 is 65.7 Å². The summed E-state index contributed by atoms with van der Waals surface area (Å²) < 4.78 is 59.7. The number of benzene rings is 4. The number of rotatable bonds is 7. The quantitative estimate of drug-likeness (QED) is 0.0499. The van der Waals surface area contributed by atoms with Gasteiger partial charge in [0.05, 0.1) is 38.0 Å². The summed E-state index contributed by atoms with van der Waals surface area (Å²) in [5.41, 5.74) is 4.79. The van der Waals surface area contributed by atoms with Gasteiger partial charge in [-0.15, -0.1) is 10.2 Å². The van der Waals surface area contributed by atoms with Crippen LogP contribution >= 0.6 is 0 Å². The maximum Gasteiger partial charge on any atom is 1.00 e.